The van der Waals surface area contributed by atoms with Gasteiger partial charge in [0.2, 0.25) is 5.91 Å². The number of carbonyl (C=O) groups excluding carboxylic acids is 1. The van der Waals surface area contributed by atoms with Gasteiger partial charge in [-0.15, -0.1) is 0 Å². The molecule has 1 fully saturated rings. The third kappa shape index (κ3) is 3.83. The first-order valence-electron chi connectivity index (χ1n) is 7.25. The van der Waals surface area contributed by atoms with Crippen LogP contribution in [0.4, 0.5) is 0 Å². The van der Waals surface area contributed by atoms with E-state index in [1.54, 1.807) is 0 Å². The van der Waals surface area contributed by atoms with Gasteiger partial charge in [-0.3, -0.25) is 4.79 Å². The Morgan fingerprint density at radius 3 is 2.84 bits per heavy atom. The summed E-state index contributed by atoms with van der Waals surface area (Å²) in [5, 5.41) is 13.0. The molecule has 0 saturated heterocycles. The summed E-state index contributed by atoms with van der Waals surface area (Å²) < 4.78 is 1.91. The fraction of sp³-hybridized carbons (Fsp3) is 0.667. The van der Waals surface area contributed by atoms with E-state index in [0.717, 1.165) is 18.5 Å². The number of amides is 1. The topological polar surface area (TPSA) is 54.3 Å². The maximum atomic E-state index is 11.9. The molecule has 4 heteroatoms. The maximum absolute atomic E-state index is 11.9. The predicted octanol–water partition coefficient (Wildman–Crippen LogP) is 2.15. The molecule has 1 saturated carbocycles. The van der Waals surface area contributed by atoms with Crippen LogP contribution >= 0.6 is 0 Å². The normalized spacial score (nSPS) is 18.2. The lowest BCUT2D eigenvalue weighted by molar-refractivity contribution is -0.126. The standard InChI is InChI=1S/C15H24N2O2/c1-17-11-5-8-13(17)14(18)9-10-16-15(19)12-6-3-2-4-7-12/h5,8,11-12,14,18H,2-4,6-7,9-10H2,1H3,(H,16,19)/t14-/m0/s1. The van der Waals surface area contributed by atoms with Gasteiger partial charge in [-0.25, -0.2) is 0 Å². The van der Waals surface area contributed by atoms with Crippen molar-refractivity contribution in [3.8, 4) is 0 Å². The zero-order valence-corrected chi connectivity index (χ0v) is 11.6. The molecular formula is C15H24N2O2. The second kappa shape index (κ2) is 6.75. The van der Waals surface area contributed by atoms with Crippen LogP contribution in [0.1, 0.15) is 50.3 Å². The van der Waals surface area contributed by atoms with Crippen LogP contribution in [0.3, 0.4) is 0 Å². The lowest BCUT2D eigenvalue weighted by Gasteiger charge is -2.21. The fourth-order valence-electron chi connectivity index (χ4n) is 2.81. The smallest absolute Gasteiger partial charge is 0.223 e. The Hall–Kier alpha value is -1.29. The van der Waals surface area contributed by atoms with E-state index in [1.165, 1.54) is 19.3 Å². The molecule has 106 valence electrons. The van der Waals surface area contributed by atoms with Crippen molar-refractivity contribution in [1.29, 1.82) is 0 Å². The summed E-state index contributed by atoms with van der Waals surface area (Å²) in [4.78, 5) is 11.9. The molecule has 1 atom stereocenters. The van der Waals surface area contributed by atoms with Gasteiger partial charge in [0.15, 0.2) is 0 Å². The quantitative estimate of drug-likeness (QED) is 0.856. The highest BCUT2D eigenvalue weighted by molar-refractivity contribution is 5.78. The molecule has 4 nitrogen and oxygen atoms in total. The van der Waals surface area contributed by atoms with E-state index in [1.807, 2.05) is 29.9 Å². The van der Waals surface area contributed by atoms with Crippen LogP contribution in [0.2, 0.25) is 0 Å². The van der Waals surface area contributed by atoms with E-state index < -0.39 is 6.10 Å². The van der Waals surface area contributed by atoms with E-state index in [0.29, 0.717) is 13.0 Å². The molecule has 1 aromatic rings. The van der Waals surface area contributed by atoms with Gasteiger partial charge in [-0.1, -0.05) is 19.3 Å². The van der Waals surface area contributed by atoms with Crippen LogP contribution in [0.5, 0.6) is 0 Å². The third-order valence-electron chi connectivity index (χ3n) is 4.02. The lowest BCUT2D eigenvalue weighted by Crippen LogP contribution is -2.33. The molecule has 19 heavy (non-hydrogen) atoms. The summed E-state index contributed by atoms with van der Waals surface area (Å²) in [7, 11) is 1.92. The Kier molecular flexibility index (Phi) is 5.02. The molecule has 0 spiro atoms. The van der Waals surface area contributed by atoms with Crippen molar-refractivity contribution in [2.45, 2.75) is 44.6 Å². The van der Waals surface area contributed by atoms with Gasteiger partial charge in [-0.05, 0) is 31.4 Å². The van der Waals surface area contributed by atoms with E-state index in [2.05, 4.69) is 5.32 Å². The second-order valence-corrected chi connectivity index (χ2v) is 5.47. The van der Waals surface area contributed by atoms with Crippen molar-refractivity contribution in [1.82, 2.24) is 9.88 Å². The Labute approximate surface area is 114 Å². The molecule has 1 aromatic heterocycles. The van der Waals surface area contributed by atoms with Crippen molar-refractivity contribution < 1.29 is 9.90 Å². The molecule has 1 amide bonds. The number of aryl methyl sites for hydroxylation is 1. The van der Waals surface area contributed by atoms with Crippen LogP contribution in [0, 0.1) is 5.92 Å². The number of carbonyl (C=O) groups is 1. The number of rotatable bonds is 5. The molecule has 0 aliphatic heterocycles. The summed E-state index contributed by atoms with van der Waals surface area (Å²) >= 11 is 0. The SMILES string of the molecule is Cn1cccc1[C@@H](O)CCNC(=O)C1CCCCC1. The first kappa shape index (κ1) is 14.1. The van der Waals surface area contributed by atoms with E-state index >= 15 is 0 Å². The lowest BCUT2D eigenvalue weighted by atomic mass is 9.88. The predicted molar refractivity (Wildman–Crippen MR) is 74.6 cm³/mol. The second-order valence-electron chi connectivity index (χ2n) is 5.47. The van der Waals surface area contributed by atoms with Crippen LogP contribution in [0.25, 0.3) is 0 Å². The first-order valence-corrected chi connectivity index (χ1v) is 7.25. The molecule has 1 heterocycles. The van der Waals surface area contributed by atoms with Crippen molar-refractivity contribution in [3.05, 3.63) is 24.0 Å². The average Bonchev–Trinajstić information content (AvgIpc) is 2.86. The zero-order chi connectivity index (χ0) is 13.7. The Bertz CT molecular complexity index is 408. The Morgan fingerprint density at radius 1 is 1.47 bits per heavy atom. The summed E-state index contributed by atoms with van der Waals surface area (Å²) in [5.41, 5.74) is 0.895. The van der Waals surface area contributed by atoms with Crippen molar-refractivity contribution in [3.63, 3.8) is 0 Å². The maximum Gasteiger partial charge on any atom is 0.223 e. The minimum atomic E-state index is -0.508. The highest BCUT2D eigenvalue weighted by Gasteiger charge is 2.20. The summed E-state index contributed by atoms with van der Waals surface area (Å²) in [6, 6.07) is 3.83. The number of aromatic nitrogens is 1. The number of hydrogen-bond acceptors (Lipinski definition) is 2. The molecule has 2 rings (SSSR count). The van der Waals surface area contributed by atoms with Gasteiger partial charge in [0.1, 0.15) is 0 Å². The highest BCUT2D eigenvalue weighted by atomic mass is 16.3. The summed E-state index contributed by atoms with van der Waals surface area (Å²) in [5.74, 6) is 0.361. The number of nitrogens with zero attached hydrogens (tertiary/aromatic N) is 1. The van der Waals surface area contributed by atoms with Gasteiger partial charge in [0.05, 0.1) is 6.10 Å². The van der Waals surface area contributed by atoms with Crippen molar-refractivity contribution in [2.75, 3.05) is 6.54 Å². The third-order valence-corrected chi connectivity index (χ3v) is 4.02. The van der Waals surface area contributed by atoms with Crippen LogP contribution in [-0.4, -0.2) is 22.1 Å². The van der Waals surface area contributed by atoms with E-state index in [-0.39, 0.29) is 11.8 Å². The molecule has 0 unspecified atom stereocenters. The van der Waals surface area contributed by atoms with Crippen molar-refractivity contribution >= 4 is 5.91 Å². The molecule has 2 N–H and O–H groups in total. The van der Waals surface area contributed by atoms with Gasteiger partial charge in [-0.2, -0.15) is 0 Å². The number of aliphatic hydroxyl groups is 1. The molecule has 0 radical (unpaired) electrons. The molecule has 0 bridgehead atoms. The number of hydrogen-bond donors (Lipinski definition) is 2. The molecular weight excluding hydrogens is 240 g/mol. The minimum Gasteiger partial charge on any atom is -0.387 e. The molecule has 1 aliphatic carbocycles. The first-order chi connectivity index (χ1) is 9.18. The van der Waals surface area contributed by atoms with Gasteiger partial charge in [0, 0.05) is 31.4 Å². The van der Waals surface area contributed by atoms with Crippen molar-refractivity contribution in [2.24, 2.45) is 13.0 Å². The van der Waals surface area contributed by atoms with Crippen LogP contribution in [0.15, 0.2) is 18.3 Å². The summed E-state index contributed by atoms with van der Waals surface area (Å²) in [6.45, 7) is 0.543. The van der Waals surface area contributed by atoms with Crippen LogP contribution in [-0.2, 0) is 11.8 Å². The largest absolute Gasteiger partial charge is 0.387 e. The van der Waals surface area contributed by atoms with Gasteiger partial charge >= 0.3 is 0 Å². The average molecular weight is 264 g/mol. The van der Waals surface area contributed by atoms with E-state index in [4.69, 9.17) is 0 Å². The fourth-order valence-corrected chi connectivity index (χ4v) is 2.81. The summed E-state index contributed by atoms with van der Waals surface area (Å²) in [6.07, 6.45) is 7.62. The van der Waals surface area contributed by atoms with Gasteiger partial charge < -0.3 is 15.0 Å². The monoisotopic (exact) mass is 264 g/mol. The molecule has 0 aromatic carbocycles. The molecule has 1 aliphatic rings. The van der Waals surface area contributed by atoms with Crippen LogP contribution < -0.4 is 5.32 Å². The Balaban J connectivity index is 1.71. The number of aliphatic hydroxyl groups excluding tert-OH is 1. The van der Waals surface area contributed by atoms with Gasteiger partial charge in [0.25, 0.3) is 0 Å². The zero-order valence-electron chi connectivity index (χ0n) is 11.6. The van der Waals surface area contributed by atoms with E-state index in [9.17, 15) is 9.90 Å². The highest BCUT2D eigenvalue weighted by Crippen LogP contribution is 2.23. The Morgan fingerprint density at radius 2 is 2.21 bits per heavy atom. The minimum absolute atomic E-state index is 0.166. The number of nitrogens with one attached hydrogen (secondary N) is 1.